The molecule has 0 aliphatic heterocycles. The van der Waals surface area contributed by atoms with Crippen molar-refractivity contribution in [2.45, 2.75) is 27.3 Å². The summed E-state index contributed by atoms with van der Waals surface area (Å²) in [5.41, 5.74) is 0. The largest absolute Gasteiger partial charge is 0.467 e. The van der Waals surface area contributed by atoms with Crippen molar-refractivity contribution >= 4 is 23.5 Å². The maximum absolute atomic E-state index is 6.05. The first-order valence-electron chi connectivity index (χ1n) is 7.11. The van der Waals surface area contributed by atoms with Crippen molar-refractivity contribution in [1.82, 2.24) is 15.0 Å². The number of nitrogens with zero attached hydrogens (tertiary/aromatic N) is 5. The second-order valence-electron chi connectivity index (χ2n) is 4.47. The molecule has 0 radical (unpaired) electrons. The number of rotatable bonds is 7. The lowest BCUT2D eigenvalue weighted by molar-refractivity contribution is 0.501. The van der Waals surface area contributed by atoms with Crippen LogP contribution in [0.2, 0.25) is 5.28 Å². The van der Waals surface area contributed by atoms with E-state index in [1.807, 2.05) is 28.9 Å². The lowest BCUT2D eigenvalue weighted by Crippen LogP contribution is -2.28. The van der Waals surface area contributed by atoms with Crippen LogP contribution < -0.4 is 9.80 Å². The maximum atomic E-state index is 6.05. The van der Waals surface area contributed by atoms with E-state index in [1.54, 1.807) is 6.26 Å². The molecule has 2 rings (SSSR count). The molecule has 2 aromatic rings. The van der Waals surface area contributed by atoms with Gasteiger partial charge in [0.1, 0.15) is 5.76 Å². The molecule has 0 saturated heterocycles. The topological polar surface area (TPSA) is 58.3 Å². The molecule has 0 fully saturated rings. The smallest absolute Gasteiger partial charge is 0.231 e. The Morgan fingerprint density at radius 2 is 1.62 bits per heavy atom. The van der Waals surface area contributed by atoms with E-state index in [-0.39, 0.29) is 5.28 Å². The molecule has 6 nitrogen and oxygen atoms in total. The van der Waals surface area contributed by atoms with Gasteiger partial charge in [-0.1, -0.05) is 0 Å². The average molecular weight is 310 g/mol. The van der Waals surface area contributed by atoms with E-state index in [0.717, 1.165) is 25.4 Å². The van der Waals surface area contributed by atoms with Crippen molar-refractivity contribution in [2.24, 2.45) is 0 Å². The molecule has 0 unspecified atom stereocenters. The fourth-order valence-corrected chi connectivity index (χ4v) is 2.18. The standard InChI is InChI=1S/C14H20ClN5O/c1-4-19(5-2)13-16-12(15)17-14(18-13)20(6-3)10-11-8-7-9-21-11/h7-9H,4-6,10H2,1-3H3. The third-order valence-corrected chi connectivity index (χ3v) is 3.39. The van der Waals surface area contributed by atoms with Crippen LogP contribution in [0.5, 0.6) is 0 Å². The Morgan fingerprint density at radius 1 is 1.00 bits per heavy atom. The minimum Gasteiger partial charge on any atom is -0.467 e. The molecule has 0 aliphatic rings. The van der Waals surface area contributed by atoms with E-state index in [0.29, 0.717) is 18.4 Å². The highest BCUT2D eigenvalue weighted by molar-refractivity contribution is 6.28. The zero-order valence-corrected chi connectivity index (χ0v) is 13.3. The summed E-state index contributed by atoms with van der Waals surface area (Å²) in [7, 11) is 0. The zero-order chi connectivity index (χ0) is 15.2. The quantitative estimate of drug-likeness (QED) is 0.783. The van der Waals surface area contributed by atoms with Crippen molar-refractivity contribution in [3.63, 3.8) is 0 Å². The lowest BCUT2D eigenvalue weighted by Gasteiger charge is -2.23. The van der Waals surface area contributed by atoms with E-state index in [1.165, 1.54) is 0 Å². The zero-order valence-electron chi connectivity index (χ0n) is 12.6. The Hall–Kier alpha value is -1.82. The molecule has 0 spiro atoms. The third kappa shape index (κ3) is 3.85. The summed E-state index contributed by atoms with van der Waals surface area (Å²) >= 11 is 6.05. The SMILES string of the molecule is CCN(CC)c1nc(Cl)nc(N(CC)Cc2ccco2)n1. The molecule has 7 heteroatoms. The predicted molar refractivity (Wildman–Crippen MR) is 83.8 cm³/mol. The fourth-order valence-electron chi connectivity index (χ4n) is 2.03. The van der Waals surface area contributed by atoms with Gasteiger partial charge >= 0.3 is 0 Å². The number of halogens is 1. The molecule has 2 aromatic heterocycles. The van der Waals surface area contributed by atoms with Crippen LogP contribution in [0.4, 0.5) is 11.9 Å². The molecule has 0 aromatic carbocycles. The predicted octanol–water partition coefficient (Wildman–Crippen LogP) is 2.99. The van der Waals surface area contributed by atoms with Gasteiger partial charge in [0.2, 0.25) is 17.2 Å². The monoisotopic (exact) mass is 309 g/mol. The van der Waals surface area contributed by atoms with E-state index >= 15 is 0 Å². The van der Waals surface area contributed by atoms with Gasteiger partial charge in [0.15, 0.2) is 0 Å². The molecule has 0 aliphatic carbocycles. The average Bonchev–Trinajstić information content (AvgIpc) is 2.98. The number of aromatic nitrogens is 3. The van der Waals surface area contributed by atoms with Gasteiger partial charge in [-0.2, -0.15) is 15.0 Å². The Kier molecular flexibility index (Phi) is 5.38. The van der Waals surface area contributed by atoms with Gasteiger partial charge < -0.3 is 14.2 Å². The first kappa shape index (κ1) is 15.6. The molecule has 0 N–H and O–H groups in total. The van der Waals surface area contributed by atoms with Crippen LogP contribution in [0.25, 0.3) is 0 Å². The second kappa shape index (κ2) is 7.26. The van der Waals surface area contributed by atoms with Gasteiger partial charge in [0, 0.05) is 19.6 Å². The highest BCUT2D eigenvalue weighted by Crippen LogP contribution is 2.18. The Labute approximate surface area is 129 Å². The molecule has 2 heterocycles. The molecule has 0 saturated carbocycles. The van der Waals surface area contributed by atoms with E-state index in [2.05, 4.69) is 28.8 Å². The number of hydrogen-bond donors (Lipinski definition) is 0. The number of furan rings is 1. The van der Waals surface area contributed by atoms with Crippen LogP contribution in [0.1, 0.15) is 26.5 Å². The maximum Gasteiger partial charge on any atom is 0.231 e. The van der Waals surface area contributed by atoms with Crippen molar-refractivity contribution in [3.8, 4) is 0 Å². The molecular weight excluding hydrogens is 290 g/mol. The van der Waals surface area contributed by atoms with Crippen LogP contribution in [0.3, 0.4) is 0 Å². The summed E-state index contributed by atoms with van der Waals surface area (Å²) in [6.45, 7) is 9.14. The molecule has 0 atom stereocenters. The van der Waals surface area contributed by atoms with Crippen LogP contribution in [-0.4, -0.2) is 34.6 Å². The van der Waals surface area contributed by atoms with Gasteiger partial charge in [0.05, 0.1) is 12.8 Å². The van der Waals surface area contributed by atoms with Gasteiger partial charge in [-0.25, -0.2) is 0 Å². The van der Waals surface area contributed by atoms with Crippen LogP contribution in [0, 0.1) is 0 Å². The van der Waals surface area contributed by atoms with Crippen LogP contribution >= 0.6 is 11.6 Å². The minimum atomic E-state index is 0.208. The Balaban J connectivity index is 2.28. The lowest BCUT2D eigenvalue weighted by atomic mass is 10.4. The van der Waals surface area contributed by atoms with Crippen molar-refractivity contribution in [2.75, 3.05) is 29.4 Å². The summed E-state index contributed by atoms with van der Waals surface area (Å²) in [4.78, 5) is 17.0. The van der Waals surface area contributed by atoms with E-state index in [4.69, 9.17) is 16.0 Å². The Bertz CT molecular complexity index is 556. The van der Waals surface area contributed by atoms with Gasteiger partial charge in [-0.15, -0.1) is 0 Å². The molecule has 0 amide bonds. The normalized spacial score (nSPS) is 10.7. The minimum absolute atomic E-state index is 0.208. The Morgan fingerprint density at radius 3 is 2.14 bits per heavy atom. The number of anilines is 2. The highest BCUT2D eigenvalue weighted by atomic mass is 35.5. The van der Waals surface area contributed by atoms with Crippen molar-refractivity contribution in [1.29, 1.82) is 0 Å². The highest BCUT2D eigenvalue weighted by Gasteiger charge is 2.15. The van der Waals surface area contributed by atoms with Crippen LogP contribution in [0.15, 0.2) is 22.8 Å². The van der Waals surface area contributed by atoms with Crippen molar-refractivity contribution < 1.29 is 4.42 Å². The van der Waals surface area contributed by atoms with E-state index < -0.39 is 0 Å². The van der Waals surface area contributed by atoms with Gasteiger partial charge in [-0.3, -0.25) is 0 Å². The second-order valence-corrected chi connectivity index (χ2v) is 4.81. The summed E-state index contributed by atoms with van der Waals surface area (Å²) in [6, 6.07) is 3.79. The van der Waals surface area contributed by atoms with Gasteiger partial charge in [0.25, 0.3) is 0 Å². The molecular formula is C14H20ClN5O. The molecule has 114 valence electrons. The summed E-state index contributed by atoms with van der Waals surface area (Å²) in [5, 5.41) is 0.208. The van der Waals surface area contributed by atoms with Crippen LogP contribution in [-0.2, 0) is 6.54 Å². The third-order valence-electron chi connectivity index (χ3n) is 3.22. The summed E-state index contributed by atoms with van der Waals surface area (Å²) in [6.07, 6.45) is 1.66. The summed E-state index contributed by atoms with van der Waals surface area (Å²) in [5.74, 6) is 2.03. The van der Waals surface area contributed by atoms with Crippen molar-refractivity contribution in [3.05, 3.63) is 29.4 Å². The molecule has 21 heavy (non-hydrogen) atoms. The first-order valence-corrected chi connectivity index (χ1v) is 7.49. The van der Waals surface area contributed by atoms with E-state index in [9.17, 15) is 0 Å². The fraction of sp³-hybridized carbons (Fsp3) is 0.500. The first-order chi connectivity index (χ1) is 10.2. The van der Waals surface area contributed by atoms with Gasteiger partial charge in [-0.05, 0) is 44.5 Å². The summed E-state index contributed by atoms with van der Waals surface area (Å²) < 4.78 is 5.38. The molecule has 0 bridgehead atoms. The number of hydrogen-bond acceptors (Lipinski definition) is 6.